The van der Waals surface area contributed by atoms with Crippen LogP contribution >= 0.6 is 11.3 Å². The maximum atomic E-state index is 4.10. The summed E-state index contributed by atoms with van der Waals surface area (Å²) in [7, 11) is 0. The molecule has 1 heterocycles. The lowest BCUT2D eigenvalue weighted by atomic mass is 10.2. The summed E-state index contributed by atoms with van der Waals surface area (Å²) in [5.74, 6) is 0. The fourth-order valence-electron chi connectivity index (χ4n) is 0.719. The maximum Gasteiger partial charge on any atom is 0.0808 e. The number of rotatable bonds is 2. The van der Waals surface area contributed by atoms with Crippen molar-refractivity contribution >= 4 is 23.0 Å². The predicted molar refractivity (Wildman–Crippen MR) is 46.9 cm³/mol. The number of allylic oxidation sites excluding steroid dienone is 1. The quantitative estimate of drug-likeness (QED) is 0.633. The van der Waals surface area contributed by atoms with Gasteiger partial charge in [0.05, 0.1) is 16.1 Å². The van der Waals surface area contributed by atoms with Gasteiger partial charge >= 0.3 is 0 Å². The lowest BCUT2D eigenvalue weighted by Crippen LogP contribution is -1.76. The molecule has 0 unspecified atom stereocenters. The van der Waals surface area contributed by atoms with Gasteiger partial charge < -0.3 is 0 Å². The van der Waals surface area contributed by atoms with E-state index in [-0.39, 0.29) is 0 Å². The fraction of sp³-hybridized carbons (Fsp3) is 0.125. The molecule has 1 nitrogen and oxygen atoms in total. The van der Waals surface area contributed by atoms with Gasteiger partial charge in [0, 0.05) is 0 Å². The SMILES string of the molecule is C=Cc1ncsc1C(=C)C. The predicted octanol–water partition coefficient (Wildman–Crippen LogP) is 2.82. The Morgan fingerprint density at radius 1 is 1.80 bits per heavy atom. The first-order valence-corrected chi connectivity index (χ1v) is 3.85. The first-order chi connectivity index (χ1) is 4.75. The Morgan fingerprint density at radius 2 is 2.50 bits per heavy atom. The summed E-state index contributed by atoms with van der Waals surface area (Å²) in [6.07, 6.45) is 1.75. The molecule has 0 aliphatic heterocycles. The topological polar surface area (TPSA) is 12.9 Å². The standard InChI is InChI=1S/C8H9NS/c1-4-7-8(6(2)3)10-5-9-7/h4-5H,1-2H2,3H3. The zero-order chi connectivity index (χ0) is 7.56. The first-order valence-electron chi connectivity index (χ1n) is 2.97. The average molecular weight is 151 g/mol. The van der Waals surface area contributed by atoms with Crippen molar-refractivity contribution in [1.29, 1.82) is 0 Å². The normalized spacial score (nSPS) is 9.30. The highest BCUT2D eigenvalue weighted by atomic mass is 32.1. The van der Waals surface area contributed by atoms with E-state index in [1.54, 1.807) is 22.9 Å². The van der Waals surface area contributed by atoms with Crippen LogP contribution in [-0.4, -0.2) is 4.98 Å². The Labute approximate surface area is 64.7 Å². The van der Waals surface area contributed by atoms with Crippen LogP contribution in [0.4, 0.5) is 0 Å². The van der Waals surface area contributed by atoms with Crippen LogP contribution in [0.15, 0.2) is 18.7 Å². The van der Waals surface area contributed by atoms with E-state index >= 15 is 0 Å². The van der Waals surface area contributed by atoms with Crippen LogP contribution in [-0.2, 0) is 0 Å². The van der Waals surface area contributed by atoms with Crippen molar-refractivity contribution in [2.45, 2.75) is 6.92 Å². The molecule has 0 aliphatic rings. The van der Waals surface area contributed by atoms with E-state index in [1.807, 2.05) is 6.92 Å². The lowest BCUT2D eigenvalue weighted by molar-refractivity contribution is 1.37. The monoisotopic (exact) mass is 151 g/mol. The molecule has 0 saturated carbocycles. The van der Waals surface area contributed by atoms with E-state index in [2.05, 4.69) is 18.1 Å². The van der Waals surface area contributed by atoms with Crippen LogP contribution < -0.4 is 0 Å². The molecular formula is C8H9NS. The highest BCUT2D eigenvalue weighted by Crippen LogP contribution is 2.21. The van der Waals surface area contributed by atoms with Crippen molar-refractivity contribution in [3.05, 3.63) is 29.2 Å². The summed E-state index contributed by atoms with van der Waals surface area (Å²) in [4.78, 5) is 5.23. The van der Waals surface area contributed by atoms with Crippen LogP contribution in [0.1, 0.15) is 17.5 Å². The van der Waals surface area contributed by atoms with Gasteiger partial charge in [0.2, 0.25) is 0 Å². The van der Waals surface area contributed by atoms with Gasteiger partial charge in [-0.05, 0) is 18.6 Å². The largest absolute Gasteiger partial charge is 0.245 e. The van der Waals surface area contributed by atoms with E-state index in [4.69, 9.17) is 0 Å². The fourth-order valence-corrected chi connectivity index (χ4v) is 1.45. The Balaban J connectivity index is 3.13. The molecule has 0 bridgehead atoms. The van der Waals surface area contributed by atoms with E-state index in [1.165, 1.54) is 0 Å². The number of aromatic nitrogens is 1. The maximum absolute atomic E-state index is 4.10. The summed E-state index contributed by atoms with van der Waals surface area (Å²) in [5.41, 5.74) is 3.80. The lowest BCUT2D eigenvalue weighted by Gasteiger charge is -1.92. The average Bonchev–Trinajstić information content (AvgIpc) is 2.33. The van der Waals surface area contributed by atoms with Crippen LogP contribution in [0, 0.1) is 0 Å². The molecule has 1 aromatic rings. The zero-order valence-electron chi connectivity index (χ0n) is 5.92. The zero-order valence-corrected chi connectivity index (χ0v) is 6.74. The van der Waals surface area contributed by atoms with Crippen molar-refractivity contribution < 1.29 is 0 Å². The van der Waals surface area contributed by atoms with Gasteiger partial charge in [0.25, 0.3) is 0 Å². The molecule has 0 atom stereocenters. The first kappa shape index (κ1) is 7.22. The molecule has 0 N–H and O–H groups in total. The minimum Gasteiger partial charge on any atom is -0.245 e. The third-order valence-electron chi connectivity index (χ3n) is 1.18. The Hall–Kier alpha value is -0.890. The molecule has 0 aromatic carbocycles. The smallest absolute Gasteiger partial charge is 0.0808 e. The molecule has 0 spiro atoms. The number of hydrogen-bond donors (Lipinski definition) is 0. The van der Waals surface area contributed by atoms with Crippen molar-refractivity contribution in [2.24, 2.45) is 0 Å². The molecule has 10 heavy (non-hydrogen) atoms. The van der Waals surface area contributed by atoms with Crippen molar-refractivity contribution in [3.63, 3.8) is 0 Å². The van der Waals surface area contributed by atoms with Crippen LogP contribution in [0.25, 0.3) is 11.6 Å². The second-order valence-corrected chi connectivity index (χ2v) is 2.91. The molecule has 0 radical (unpaired) electrons. The summed E-state index contributed by atoms with van der Waals surface area (Å²) in [5, 5.41) is 0. The van der Waals surface area contributed by atoms with E-state index in [0.29, 0.717) is 0 Å². The third kappa shape index (κ3) is 1.16. The van der Waals surface area contributed by atoms with Gasteiger partial charge in [-0.25, -0.2) is 4.98 Å². The van der Waals surface area contributed by atoms with Crippen LogP contribution in [0.5, 0.6) is 0 Å². The molecule has 1 aromatic heterocycles. The molecule has 0 amide bonds. The minimum atomic E-state index is 0.942. The number of nitrogens with zero attached hydrogens (tertiary/aromatic N) is 1. The summed E-state index contributed by atoms with van der Waals surface area (Å²) < 4.78 is 0. The second kappa shape index (κ2) is 2.80. The van der Waals surface area contributed by atoms with Crippen LogP contribution in [0.2, 0.25) is 0 Å². The highest BCUT2D eigenvalue weighted by molar-refractivity contribution is 7.11. The van der Waals surface area contributed by atoms with Gasteiger partial charge in [0.1, 0.15) is 0 Å². The van der Waals surface area contributed by atoms with Gasteiger partial charge in [-0.3, -0.25) is 0 Å². The van der Waals surface area contributed by atoms with Gasteiger partial charge in [-0.1, -0.05) is 13.2 Å². The highest BCUT2D eigenvalue weighted by Gasteiger charge is 2.00. The molecule has 1 rings (SSSR count). The number of thiazole rings is 1. The van der Waals surface area contributed by atoms with E-state index < -0.39 is 0 Å². The molecular weight excluding hydrogens is 142 g/mol. The Kier molecular flexibility index (Phi) is 2.02. The molecule has 0 aliphatic carbocycles. The molecule has 2 heteroatoms. The van der Waals surface area contributed by atoms with Gasteiger partial charge in [0.15, 0.2) is 0 Å². The second-order valence-electron chi connectivity index (χ2n) is 2.05. The minimum absolute atomic E-state index is 0.942. The van der Waals surface area contributed by atoms with Gasteiger partial charge in [-0.15, -0.1) is 11.3 Å². The number of hydrogen-bond acceptors (Lipinski definition) is 2. The van der Waals surface area contributed by atoms with E-state index in [9.17, 15) is 0 Å². The van der Waals surface area contributed by atoms with E-state index in [0.717, 1.165) is 16.1 Å². The van der Waals surface area contributed by atoms with Crippen LogP contribution in [0.3, 0.4) is 0 Å². The van der Waals surface area contributed by atoms with Crippen molar-refractivity contribution in [2.75, 3.05) is 0 Å². The third-order valence-corrected chi connectivity index (χ3v) is 2.18. The summed E-state index contributed by atoms with van der Waals surface area (Å²) in [6.45, 7) is 9.45. The van der Waals surface area contributed by atoms with Crippen molar-refractivity contribution in [1.82, 2.24) is 4.98 Å². The molecule has 0 fully saturated rings. The molecule has 52 valence electrons. The summed E-state index contributed by atoms with van der Waals surface area (Å²) >= 11 is 1.60. The van der Waals surface area contributed by atoms with Gasteiger partial charge in [-0.2, -0.15) is 0 Å². The molecule has 0 saturated heterocycles. The Bertz CT molecular complexity index is 260. The van der Waals surface area contributed by atoms with Crippen molar-refractivity contribution in [3.8, 4) is 0 Å². The Morgan fingerprint density at radius 3 is 2.90 bits per heavy atom. The summed E-state index contributed by atoms with van der Waals surface area (Å²) in [6, 6.07) is 0.